The van der Waals surface area contributed by atoms with Gasteiger partial charge in [-0.3, -0.25) is 68.8 Å². The standard InChI is InChI=1S/C23H24F2N3O9P.C23H26F2N3O7P.C21H20F2N3O11P/c1-12(2)36-38(31)33-10-16-18(37-38)23(24,25)20(34-16)28-8-5-17(27-21(28)30)26-19(29)13-3-4-14-15(9-13)35-22(6-7-22)11-32-14;1-13(2)34-36(31)32-12-17-19(35-36)23(24,25)21(33-17)28-10-9-18(27-22(28)30)26-20(29)16-8-7-14-5-3-4-6-15(14)11-16;1-9(2)36-38(31)32-8-13-15(37-38)21(22,23)19(35-13)26-6-5-14(25-20(26)30)24-16(27)10-3-4-11-12(7-10)34-18(33-11)17(28)29/h3-5,8-9,12,16,18,20H,6-7,10-11H2,1-2H3,(H,26,27,29,30);7-11,13,17,19,21H,3-6,12H2,1-2H3,(H,26,27,29,30);3-7,9,13,15,18-19H,8H2,1-2H3,(H,28,29)(H,24,25,27,30)/t16-,18-,20?,38?;17-,19-,21?,36?;13-,15-,18?,19?,38?/m111/s1. The largest absolute Gasteiger partial charge is 0.486 e. The number of halogens is 6. The third kappa shape index (κ3) is 16.5. The predicted octanol–water partition coefficient (Wildman–Crippen LogP) is 9.29. The molecule has 602 valence electrons. The molecule has 7 fully saturated rings. The molecule has 2 aliphatic carbocycles. The van der Waals surface area contributed by atoms with Gasteiger partial charge in [0.05, 0.1) is 38.1 Å². The monoisotopic (exact) mass is 1640 g/mol. The fraction of sp³-hybridized carbons (Fsp3) is 0.493. The average molecular weight is 1640 g/mol. The van der Waals surface area contributed by atoms with Gasteiger partial charge in [-0.25, -0.2) is 32.9 Å². The number of amides is 3. The van der Waals surface area contributed by atoms with Crippen LogP contribution in [-0.2, 0) is 86.3 Å². The third-order valence-electron chi connectivity index (χ3n) is 18.3. The van der Waals surface area contributed by atoms with Gasteiger partial charge in [-0.2, -0.15) is 41.3 Å². The molecule has 16 rings (SSSR count). The zero-order valence-corrected chi connectivity index (χ0v) is 62.3. The Bertz CT molecular complexity index is 5050. The second kappa shape index (κ2) is 30.5. The number of nitrogens with one attached hydrogen (secondary N) is 3. The molecule has 7 unspecified atom stereocenters. The molecule has 45 heteroatoms. The molecule has 3 amide bonds. The van der Waals surface area contributed by atoms with Crippen molar-refractivity contribution in [2.24, 2.45) is 0 Å². The number of nitrogens with zero attached hydrogens (tertiary/aromatic N) is 6. The summed E-state index contributed by atoms with van der Waals surface area (Å²) in [6, 6.07) is 17.5. The lowest BCUT2D eigenvalue weighted by molar-refractivity contribution is -0.154. The van der Waals surface area contributed by atoms with E-state index in [1.807, 2.05) is 12.1 Å². The topological polar surface area (TPSA) is 428 Å². The number of anilines is 3. The number of carboxylic acid groups (broad SMARTS) is 1. The molecule has 8 aliphatic heterocycles. The first-order chi connectivity index (χ1) is 52.9. The Hall–Kier alpha value is -8.83. The molecule has 0 bridgehead atoms. The Balaban J connectivity index is 0.000000140. The number of hydrogen-bond donors (Lipinski definition) is 4. The maximum Gasteiger partial charge on any atom is 0.475 e. The number of ether oxygens (including phenoxy) is 7. The van der Waals surface area contributed by atoms with Gasteiger partial charge in [0, 0.05) is 35.3 Å². The molecule has 0 radical (unpaired) electrons. The zero-order chi connectivity index (χ0) is 79.9. The number of aliphatic carboxylic acids is 1. The lowest BCUT2D eigenvalue weighted by Gasteiger charge is -2.32. The van der Waals surface area contributed by atoms with E-state index in [9.17, 15) is 47.3 Å². The minimum atomic E-state index is -4.27. The Morgan fingerprint density at radius 1 is 0.500 bits per heavy atom. The Morgan fingerprint density at radius 3 is 1.25 bits per heavy atom. The van der Waals surface area contributed by atoms with Gasteiger partial charge in [-0.05, 0) is 158 Å². The van der Waals surface area contributed by atoms with Gasteiger partial charge in [0.1, 0.15) is 48.0 Å². The molecule has 3 aromatic heterocycles. The number of hydrogen-bond acceptors (Lipinski definition) is 29. The first-order valence-corrected chi connectivity index (χ1v) is 39.2. The van der Waals surface area contributed by atoms with Crippen molar-refractivity contribution in [3.05, 3.63) is 151 Å². The van der Waals surface area contributed by atoms with Gasteiger partial charge in [0.15, 0.2) is 41.3 Å². The predicted molar refractivity (Wildman–Crippen MR) is 367 cm³/mol. The second-order valence-electron chi connectivity index (χ2n) is 27.7. The number of benzene rings is 3. The number of fused-ring (bicyclic) bond motifs is 6. The first kappa shape index (κ1) is 79.8. The van der Waals surface area contributed by atoms with E-state index in [4.69, 9.17) is 79.0 Å². The fourth-order valence-electron chi connectivity index (χ4n) is 13.0. The van der Waals surface area contributed by atoms with Crippen molar-refractivity contribution in [2.45, 2.75) is 183 Å². The SMILES string of the molecule is CC(C)OP1(=O)OC[C@H]2OC(n3ccc(NC(=O)c4ccc5c(c4)CCCC5)nc3=O)C(F)(F)[C@@H]2O1.CC(C)OP1(=O)OC[C@H]2OC(n3ccc(NC(=O)c4ccc5c(c4)OC(C(=O)O)O5)nc3=O)C(F)(F)[C@@H]2O1.CC(C)OP1(=O)OC[C@H]2OC(n3ccc(NC(=O)c4ccc5c(c4)OC4(CC4)CO5)nc3=O)C(F)(F)[C@@H]2O1. The molecule has 6 aromatic rings. The van der Waals surface area contributed by atoms with Crippen molar-refractivity contribution >= 4 is 64.6 Å². The first-order valence-electron chi connectivity index (χ1n) is 34.8. The van der Waals surface area contributed by atoms with Crippen LogP contribution >= 0.6 is 23.5 Å². The lowest BCUT2D eigenvalue weighted by atomic mass is 9.90. The van der Waals surface area contributed by atoms with Crippen LogP contribution in [0.4, 0.5) is 43.8 Å². The molecular weight excluding hydrogens is 1570 g/mol. The molecule has 3 aromatic carbocycles. The normalized spacial score (nSPS) is 29.5. The van der Waals surface area contributed by atoms with Crippen molar-refractivity contribution in [3.63, 3.8) is 0 Å². The van der Waals surface area contributed by atoms with Crippen LogP contribution in [0.25, 0.3) is 0 Å². The highest BCUT2D eigenvalue weighted by Gasteiger charge is 2.68. The molecule has 11 heterocycles. The van der Waals surface area contributed by atoms with E-state index in [-0.39, 0.29) is 45.7 Å². The number of aryl methyl sites for hydroxylation is 2. The van der Waals surface area contributed by atoms with Gasteiger partial charge in [0.2, 0.25) is 18.7 Å². The minimum Gasteiger partial charge on any atom is -0.486 e. The Kier molecular flexibility index (Phi) is 21.7. The number of aromatic nitrogens is 6. The van der Waals surface area contributed by atoms with E-state index in [1.54, 1.807) is 39.8 Å². The van der Waals surface area contributed by atoms with Gasteiger partial charge in [-0.15, -0.1) is 0 Å². The molecule has 4 N–H and O–H groups in total. The summed E-state index contributed by atoms with van der Waals surface area (Å²) >= 11 is 0. The van der Waals surface area contributed by atoms with E-state index in [1.165, 1.54) is 61.9 Å². The summed E-state index contributed by atoms with van der Waals surface area (Å²) in [5.41, 5.74) is -0.668. The second-order valence-corrected chi connectivity index (χ2v) is 32.5. The molecule has 10 aliphatic rings. The van der Waals surface area contributed by atoms with Crippen LogP contribution < -0.4 is 52.0 Å². The van der Waals surface area contributed by atoms with Crippen LogP contribution in [0.15, 0.2) is 106 Å². The summed E-state index contributed by atoms with van der Waals surface area (Å²) in [7, 11) is -12.7. The van der Waals surface area contributed by atoms with Crippen molar-refractivity contribution < 1.29 is 138 Å². The highest BCUT2D eigenvalue weighted by molar-refractivity contribution is 7.49. The minimum absolute atomic E-state index is 0.0179. The van der Waals surface area contributed by atoms with Crippen LogP contribution in [-0.4, -0.2) is 168 Å². The number of phosphoric ester groups is 3. The van der Waals surface area contributed by atoms with Gasteiger partial charge in [0.25, 0.3) is 17.7 Å². The number of phosphoric acid groups is 3. The van der Waals surface area contributed by atoms with Crippen LogP contribution in [0.5, 0.6) is 23.0 Å². The van der Waals surface area contributed by atoms with Crippen molar-refractivity contribution in [1.82, 2.24) is 28.7 Å². The number of carbonyl (C=O) groups is 4. The van der Waals surface area contributed by atoms with E-state index in [0.717, 1.165) is 68.7 Å². The maximum absolute atomic E-state index is 15.3. The highest BCUT2D eigenvalue weighted by atomic mass is 31.2. The van der Waals surface area contributed by atoms with Crippen molar-refractivity contribution in [3.8, 4) is 23.0 Å². The Morgan fingerprint density at radius 2 is 0.866 bits per heavy atom. The molecule has 1 saturated carbocycles. The number of carboxylic acids is 1. The lowest BCUT2D eigenvalue weighted by Crippen LogP contribution is -2.45. The van der Waals surface area contributed by atoms with E-state index < -0.39 is 182 Å². The molecule has 13 atom stereocenters. The van der Waals surface area contributed by atoms with Gasteiger partial charge >= 0.3 is 70.6 Å². The van der Waals surface area contributed by atoms with Crippen LogP contribution in [0, 0.1) is 0 Å². The summed E-state index contributed by atoms with van der Waals surface area (Å²) in [6.45, 7) is 8.27. The third-order valence-corrected chi connectivity index (χ3v) is 23.2. The summed E-state index contributed by atoms with van der Waals surface area (Å²) in [4.78, 5) is 98.1. The summed E-state index contributed by atoms with van der Waals surface area (Å²) in [5, 5.41) is 16.3. The quantitative estimate of drug-likeness (QED) is 0.0517. The highest BCUT2D eigenvalue weighted by Crippen LogP contribution is 2.63. The summed E-state index contributed by atoms with van der Waals surface area (Å²) in [5.74, 6) is -13.9. The summed E-state index contributed by atoms with van der Waals surface area (Å²) in [6.07, 6.45) is -10.7. The molecular formula is C67H70F6N9O27P3. The zero-order valence-electron chi connectivity index (χ0n) is 59.6. The number of carbonyl (C=O) groups excluding carboxylic acids is 3. The average Bonchev–Trinajstić information content (AvgIpc) is 1.59. The smallest absolute Gasteiger partial charge is 0.475 e. The number of rotatable bonds is 16. The van der Waals surface area contributed by atoms with Crippen molar-refractivity contribution in [1.29, 1.82) is 0 Å². The van der Waals surface area contributed by atoms with Crippen LogP contribution in [0.2, 0.25) is 0 Å². The van der Waals surface area contributed by atoms with E-state index in [0.29, 0.717) is 37.4 Å². The van der Waals surface area contributed by atoms with E-state index >= 15 is 26.3 Å². The maximum atomic E-state index is 15.3. The Labute approximate surface area is 628 Å². The van der Waals surface area contributed by atoms with Crippen molar-refractivity contribution in [2.75, 3.05) is 42.4 Å². The number of alkyl halides is 6. The molecule has 36 nitrogen and oxygen atoms in total. The summed E-state index contributed by atoms with van der Waals surface area (Å²) < 4.78 is 214. The van der Waals surface area contributed by atoms with Crippen LogP contribution in [0.1, 0.15) is 128 Å². The molecule has 112 heavy (non-hydrogen) atoms. The van der Waals surface area contributed by atoms with Gasteiger partial charge in [-0.1, -0.05) is 6.07 Å². The van der Waals surface area contributed by atoms with E-state index in [2.05, 4.69) is 30.9 Å². The fourth-order valence-corrected chi connectivity index (χ4v) is 17.7. The molecule has 6 saturated heterocycles. The van der Waals surface area contributed by atoms with Gasteiger partial charge < -0.3 is 54.2 Å². The molecule has 1 spiro atoms. The van der Waals surface area contributed by atoms with Crippen LogP contribution in [0.3, 0.4) is 0 Å².